The van der Waals surface area contributed by atoms with Gasteiger partial charge in [0.05, 0.1) is 29.5 Å². The quantitative estimate of drug-likeness (QED) is 0.425. The molecule has 5 rings (SSSR count). The van der Waals surface area contributed by atoms with Gasteiger partial charge in [-0.2, -0.15) is 0 Å². The number of nitrogens with one attached hydrogen (secondary N) is 1. The second-order valence-corrected chi connectivity index (χ2v) is 8.01. The van der Waals surface area contributed by atoms with Crippen molar-refractivity contribution in [2.75, 3.05) is 12.4 Å². The van der Waals surface area contributed by atoms with E-state index >= 15 is 0 Å². The largest absolute Gasteiger partial charge is 0.497 e. The standard InChI is InChI=1S/C26H21FN4O4/c1-29-21-13-12-17(35-2)14-18(21)23-24(29)25(33)31(16-8-4-3-5-9-16)26(34)30(23)15-22(32)28-20-11-7-6-10-19(20)27/h3-14H,15H2,1-2H3,(H,28,32). The van der Waals surface area contributed by atoms with Crippen LogP contribution in [0, 0.1) is 5.82 Å². The number of aryl methyl sites for hydroxylation is 1. The number of carbonyl (C=O) groups excluding carboxylic acids is 1. The summed E-state index contributed by atoms with van der Waals surface area (Å²) < 4.78 is 23.4. The van der Waals surface area contributed by atoms with E-state index in [2.05, 4.69) is 5.32 Å². The van der Waals surface area contributed by atoms with Crippen molar-refractivity contribution in [1.29, 1.82) is 0 Å². The zero-order chi connectivity index (χ0) is 24.7. The summed E-state index contributed by atoms with van der Waals surface area (Å²) >= 11 is 0. The summed E-state index contributed by atoms with van der Waals surface area (Å²) in [5.74, 6) is -0.675. The molecule has 3 aromatic carbocycles. The Hall–Kier alpha value is -4.66. The molecule has 0 unspecified atom stereocenters. The number of benzene rings is 3. The van der Waals surface area contributed by atoms with Gasteiger partial charge < -0.3 is 14.6 Å². The second-order valence-electron chi connectivity index (χ2n) is 8.01. The van der Waals surface area contributed by atoms with Gasteiger partial charge in [0.1, 0.15) is 23.6 Å². The highest BCUT2D eigenvalue weighted by Gasteiger charge is 2.23. The number of methoxy groups -OCH3 is 1. The van der Waals surface area contributed by atoms with Crippen LogP contribution in [0.3, 0.4) is 0 Å². The number of halogens is 1. The Bertz CT molecular complexity index is 1720. The van der Waals surface area contributed by atoms with E-state index in [0.29, 0.717) is 27.9 Å². The monoisotopic (exact) mass is 472 g/mol. The van der Waals surface area contributed by atoms with Crippen molar-refractivity contribution < 1.29 is 13.9 Å². The van der Waals surface area contributed by atoms with Gasteiger partial charge in [-0.3, -0.25) is 14.2 Å². The summed E-state index contributed by atoms with van der Waals surface area (Å²) in [4.78, 5) is 40.3. The molecule has 0 fully saturated rings. The van der Waals surface area contributed by atoms with E-state index in [0.717, 1.165) is 4.57 Å². The number of carbonyl (C=O) groups is 1. The normalized spacial score (nSPS) is 11.2. The summed E-state index contributed by atoms with van der Waals surface area (Å²) in [6.07, 6.45) is 0. The van der Waals surface area contributed by atoms with Gasteiger partial charge in [0.15, 0.2) is 0 Å². The lowest BCUT2D eigenvalue weighted by Gasteiger charge is -2.13. The maximum Gasteiger partial charge on any atom is 0.336 e. The highest BCUT2D eigenvalue weighted by atomic mass is 19.1. The van der Waals surface area contributed by atoms with Crippen molar-refractivity contribution in [3.63, 3.8) is 0 Å². The fourth-order valence-electron chi connectivity index (χ4n) is 4.31. The van der Waals surface area contributed by atoms with Crippen LogP contribution in [0.1, 0.15) is 0 Å². The lowest BCUT2D eigenvalue weighted by molar-refractivity contribution is -0.116. The van der Waals surface area contributed by atoms with Crippen molar-refractivity contribution in [1.82, 2.24) is 13.7 Å². The Morgan fingerprint density at radius 2 is 1.69 bits per heavy atom. The van der Waals surface area contributed by atoms with Gasteiger partial charge in [-0.25, -0.2) is 13.8 Å². The van der Waals surface area contributed by atoms with E-state index < -0.39 is 29.5 Å². The maximum atomic E-state index is 14.1. The molecule has 0 aliphatic rings. The fraction of sp³-hybridized carbons (Fsp3) is 0.115. The van der Waals surface area contributed by atoms with Gasteiger partial charge in [-0.1, -0.05) is 30.3 Å². The lowest BCUT2D eigenvalue weighted by atomic mass is 10.2. The Morgan fingerprint density at radius 3 is 2.40 bits per heavy atom. The molecule has 5 aromatic rings. The zero-order valence-corrected chi connectivity index (χ0v) is 19.0. The smallest absolute Gasteiger partial charge is 0.336 e. The average Bonchev–Trinajstić information content (AvgIpc) is 3.15. The summed E-state index contributed by atoms with van der Waals surface area (Å²) in [6.45, 7) is -0.437. The predicted octanol–water partition coefficient (Wildman–Crippen LogP) is 3.43. The van der Waals surface area contributed by atoms with E-state index in [4.69, 9.17) is 4.74 Å². The Labute approximate surface area is 198 Å². The number of hydrogen-bond acceptors (Lipinski definition) is 4. The van der Waals surface area contributed by atoms with Crippen LogP contribution >= 0.6 is 0 Å². The van der Waals surface area contributed by atoms with Crippen LogP contribution in [0.5, 0.6) is 5.75 Å². The molecule has 176 valence electrons. The minimum Gasteiger partial charge on any atom is -0.497 e. The minimum atomic E-state index is -0.687. The third kappa shape index (κ3) is 3.67. The highest BCUT2D eigenvalue weighted by Crippen LogP contribution is 2.29. The number of para-hydroxylation sites is 2. The van der Waals surface area contributed by atoms with Crippen LogP contribution in [-0.2, 0) is 18.4 Å². The van der Waals surface area contributed by atoms with Crippen LogP contribution in [-0.4, -0.2) is 26.7 Å². The third-order valence-electron chi connectivity index (χ3n) is 5.94. The molecule has 0 saturated carbocycles. The van der Waals surface area contributed by atoms with Crippen LogP contribution in [0.2, 0.25) is 0 Å². The number of hydrogen-bond donors (Lipinski definition) is 1. The van der Waals surface area contributed by atoms with Crippen molar-refractivity contribution >= 4 is 33.5 Å². The molecular formula is C26H21FN4O4. The Kier molecular flexibility index (Phi) is 5.44. The molecule has 0 saturated heterocycles. The third-order valence-corrected chi connectivity index (χ3v) is 5.94. The van der Waals surface area contributed by atoms with Gasteiger partial charge in [-0.15, -0.1) is 0 Å². The van der Waals surface area contributed by atoms with Crippen molar-refractivity contribution in [3.8, 4) is 11.4 Å². The first-order valence-corrected chi connectivity index (χ1v) is 10.8. The molecular weight excluding hydrogens is 451 g/mol. The van der Waals surface area contributed by atoms with E-state index in [9.17, 15) is 18.8 Å². The van der Waals surface area contributed by atoms with Crippen LogP contribution in [0.4, 0.5) is 10.1 Å². The number of anilines is 1. The summed E-state index contributed by atoms with van der Waals surface area (Å²) in [7, 11) is 3.24. The van der Waals surface area contributed by atoms with Gasteiger partial charge in [0.2, 0.25) is 5.91 Å². The first-order valence-electron chi connectivity index (χ1n) is 10.8. The van der Waals surface area contributed by atoms with E-state index in [-0.39, 0.29) is 11.2 Å². The number of fused-ring (bicyclic) bond motifs is 3. The highest BCUT2D eigenvalue weighted by molar-refractivity contribution is 6.07. The fourth-order valence-corrected chi connectivity index (χ4v) is 4.31. The predicted molar refractivity (Wildman–Crippen MR) is 132 cm³/mol. The molecule has 8 nitrogen and oxygen atoms in total. The van der Waals surface area contributed by atoms with Gasteiger partial charge in [0, 0.05) is 12.4 Å². The molecule has 0 bridgehead atoms. The lowest BCUT2D eigenvalue weighted by Crippen LogP contribution is -2.41. The molecule has 9 heteroatoms. The molecule has 0 radical (unpaired) electrons. The van der Waals surface area contributed by atoms with Gasteiger partial charge >= 0.3 is 5.69 Å². The molecule has 0 spiro atoms. The minimum absolute atomic E-state index is 0.00207. The second kappa shape index (κ2) is 8.60. The molecule has 1 amide bonds. The maximum absolute atomic E-state index is 14.1. The number of aromatic nitrogens is 3. The van der Waals surface area contributed by atoms with Gasteiger partial charge in [0.25, 0.3) is 5.56 Å². The number of ether oxygens (including phenoxy) is 1. The molecule has 0 atom stereocenters. The van der Waals surface area contributed by atoms with Crippen LogP contribution in [0.15, 0.2) is 82.4 Å². The molecule has 0 aliphatic heterocycles. The van der Waals surface area contributed by atoms with E-state index in [1.807, 2.05) is 0 Å². The SMILES string of the molecule is COc1ccc2c(c1)c1c(c(=O)n(-c3ccccc3)c(=O)n1CC(=O)Nc1ccccc1F)n2C. The van der Waals surface area contributed by atoms with Crippen LogP contribution < -0.4 is 21.3 Å². The topological polar surface area (TPSA) is 87.3 Å². The molecule has 0 aliphatic carbocycles. The van der Waals surface area contributed by atoms with E-state index in [1.165, 1.54) is 29.9 Å². The molecule has 1 N–H and O–H groups in total. The van der Waals surface area contributed by atoms with Crippen molar-refractivity contribution in [2.45, 2.75) is 6.54 Å². The Morgan fingerprint density at radius 1 is 0.971 bits per heavy atom. The molecule has 2 aromatic heterocycles. The number of rotatable bonds is 5. The first-order chi connectivity index (χ1) is 16.9. The summed E-state index contributed by atoms with van der Waals surface area (Å²) in [6, 6.07) is 19.5. The van der Waals surface area contributed by atoms with Crippen molar-refractivity contribution in [2.24, 2.45) is 7.05 Å². The zero-order valence-electron chi connectivity index (χ0n) is 19.0. The first kappa shape index (κ1) is 22.1. The van der Waals surface area contributed by atoms with Gasteiger partial charge in [-0.05, 0) is 42.5 Å². The summed E-state index contributed by atoms with van der Waals surface area (Å²) in [5, 5.41) is 3.09. The number of nitrogens with zero attached hydrogens (tertiary/aromatic N) is 3. The number of amides is 1. The Balaban J connectivity index is 1.80. The van der Waals surface area contributed by atoms with Crippen molar-refractivity contribution in [3.05, 3.63) is 99.5 Å². The van der Waals surface area contributed by atoms with Crippen LogP contribution in [0.25, 0.3) is 27.6 Å². The molecule has 35 heavy (non-hydrogen) atoms. The molecule has 2 heterocycles. The summed E-state index contributed by atoms with van der Waals surface area (Å²) in [5.41, 5.74) is 0.398. The average molecular weight is 472 g/mol. The van der Waals surface area contributed by atoms with E-state index in [1.54, 1.807) is 66.2 Å².